The van der Waals surface area contributed by atoms with Crippen LogP contribution in [0.2, 0.25) is 0 Å². The van der Waals surface area contributed by atoms with Gasteiger partial charge in [0.25, 0.3) is 0 Å². The quantitative estimate of drug-likeness (QED) is 0.742. The second-order valence-electron chi connectivity index (χ2n) is 7.04. The van der Waals surface area contributed by atoms with Crippen LogP contribution in [0.25, 0.3) is 0 Å². The van der Waals surface area contributed by atoms with Crippen molar-refractivity contribution in [3.63, 3.8) is 0 Å². The van der Waals surface area contributed by atoms with E-state index in [1.807, 2.05) is 6.07 Å². The Labute approximate surface area is 129 Å². The minimum atomic E-state index is -0.101. The lowest BCUT2D eigenvalue weighted by Gasteiger charge is -2.26. The Morgan fingerprint density at radius 3 is 2.62 bits per heavy atom. The van der Waals surface area contributed by atoms with Gasteiger partial charge in [0, 0.05) is 0 Å². The average molecular weight is 291 g/mol. The zero-order valence-corrected chi connectivity index (χ0v) is 13.6. The SMILES string of the molecule is CC(C)CNCC1CCCCCC1Cc1cccc(F)c1. The van der Waals surface area contributed by atoms with Gasteiger partial charge < -0.3 is 5.32 Å². The fourth-order valence-corrected chi connectivity index (χ4v) is 3.52. The van der Waals surface area contributed by atoms with Crippen molar-refractivity contribution >= 4 is 0 Å². The van der Waals surface area contributed by atoms with Crippen LogP contribution in [0.15, 0.2) is 24.3 Å². The molecule has 1 aliphatic carbocycles. The van der Waals surface area contributed by atoms with Crippen LogP contribution < -0.4 is 5.32 Å². The fraction of sp³-hybridized carbons (Fsp3) is 0.684. The minimum Gasteiger partial charge on any atom is -0.316 e. The first-order valence-electron chi connectivity index (χ1n) is 8.60. The van der Waals surface area contributed by atoms with Crippen LogP contribution in [0.1, 0.15) is 51.5 Å². The first-order valence-corrected chi connectivity index (χ1v) is 8.60. The molecule has 0 amide bonds. The van der Waals surface area contributed by atoms with Crippen LogP contribution in [0, 0.1) is 23.6 Å². The molecule has 1 N–H and O–H groups in total. The van der Waals surface area contributed by atoms with Crippen molar-refractivity contribution in [1.29, 1.82) is 0 Å². The number of halogens is 1. The Morgan fingerprint density at radius 1 is 1.14 bits per heavy atom. The third-order valence-corrected chi connectivity index (χ3v) is 4.66. The summed E-state index contributed by atoms with van der Waals surface area (Å²) in [5, 5.41) is 3.64. The highest BCUT2D eigenvalue weighted by molar-refractivity contribution is 5.17. The smallest absolute Gasteiger partial charge is 0.123 e. The second kappa shape index (κ2) is 8.53. The summed E-state index contributed by atoms with van der Waals surface area (Å²) >= 11 is 0. The third kappa shape index (κ3) is 5.78. The van der Waals surface area contributed by atoms with Crippen molar-refractivity contribution in [3.05, 3.63) is 35.6 Å². The van der Waals surface area contributed by atoms with Gasteiger partial charge in [-0.15, -0.1) is 0 Å². The van der Waals surface area contributed by atoms with Crippen molar-refractivity contribution in [1.82, 2.24) is 5.32 Å². The van der Waals surface area contributed by atoms with Gasteiger partial charge in [-0.25, -0.2) is 4.39 Å². The molecule has 1 aromatic rings. The Balaban J connectivity index is 1.94. The van der Waals surface area contributed by atoms with Crippen LogP contribution in [-0.4, -0.2) is 13.1 Å². The van der Waals surface area contributed by atoms with Crippen LogP contribution in [-0.2, 0) is 6.42 Å². The lowest BCUT2D eigenvalue weighted by atomic mass is 9.83. The first-order chi connectivity index (χ1) is 10.1. The third-order valence-electron chi connectivity index (χ3n) is 4.66. The summed E-state index contributed by atoms with van der Waals surface area (Å²) in [4.78, 5) is 0. The molecule has 0 heterocycles. The van der Waals surface area contributed by atoms with E-state index in [2.05, 4.69) is 25.2 Å². The predicted molar refractivity (Wildman–Crippen MR) is 87.9 cm³/mol. The molecule has 21 heavy (non-hydrogen) atoms. The number of rotatable bonds is 6. The molecule has 0 radical (unpaired) electrons. The van der Waals surface area contributed by atoms with Crippen molar-refractivity contribution in [2.24, 2.45) is 17.8 Å². The summed E-state index contributed by atoms with van der Waals surface area (Å²) in [6.07, 6.45) is 7.70. The normalized spacial score (nSPS) is 23.2. The molecule has 0 bridgehead atoms. The number of benzene rings is 1. The molecule has 1 fully saturated rings. The van der Waals surface area contributed by atoms with Crippen molar-refractivity contribution in [3.8, 4) is 0 Å². The van der Waals surface area contributed by atoms with Gasteiger partial charge >= 0.3 is 0 Å². The number of nitrogens with one attached hydrogen (secondary N) is 1. The van der Waals surface area contributed by atoms with Gasteiger partial charge in [-0.05, 0) is 67.8 Å². The van der Waals surface area contributed by atoms with E-state index in [9.17, 15) is 4.39 Å². The monoisotopic (exact) mass is 291 g/mol. The molecule has 0 saturated heterocycles. The van der Waals surface area contributed by atoms with E-state index >= 15 is 0 Å². The molecule has 1 aliphatic rings. The Morgan fingerprint density at radius 2 is 1.90 bits per heavy atom. The lowest BCUT2D eigenvalue weighted by Crippen LogP contribution is -2.31. The lowest BCUT2D eigenvalue weighted by molar-refractivity contribution is 0.293. The molecule has 0 spiro atoms. The highest BCUT2D eigenvalue weighted by atomic mass is 19.1. The van der Waals surface area contributed by atoms with E-state index < -0.39 is 0 Å². The van der Waals surface area contributed by atoms with Crippen LogP contribution >= 0.6 is 0 Å². The number of hydrogen-bond donors (Lipinski definition) is 1. The van der Waals surface area contributed by atoms with Gasteiger partial charge in [-0.1, -0.05) is 45.2 Å². The summed E-state index contributed by atoms with van der Waals surface area (Å²) in [5.41, 5.74) is 1.16. The van der Waals surface area contributed by atoms with Crippen LogP contribution in [0.4, 0.5) is 4.39 Å². The molecule has 2 rings (SSSR count). The Kier molecular flexibility index (Phi) is 6.69. The van der Waals surface area contributed by atoms with Gasteiger partial charge in [0.1, 0.15) is 5.82 Å². The number of hydrogen-bond acceptors (Lipinski definition) is 1. The maximum absolute atomic E-state index is 13.4. The van der Waals surface area contributed by atoms with Gasteiger partial charge in [0.15, 0.2) is 0 Å². The van der Waals surface area contributed by atoms with Crippen molar-refractivity contribution in [2.45, 2.75) is 52.4 Å². The maximum Gasteiger partial charge on any atom is 0.123 e. The van der Waals surface area contributed by atoms with E-state index in [4.69, 9.17) is 0 Å². The molecule has 0 aromatic heterocycles. The summed E-state index contributed by atoms with van der Waals surface area (Å²) in [6, 6.07) is 7.17. The zero-order chi connectivity index (χ0) is 15.1. The fourth-order valence-electron chi connectivity index (χ4n) is 3.52. The Hall–Kier alpha value is -0.890. The molecule has 2 heteroatoms. The summed E-state index contributed by atoms with van der Waals surface area (Å²) < 4.78 is 13.4. The van der Waals surface area contributed by atoms with Crippen LogP contribution in [0.5, 0.6) is 0 Å². The minimum absolute atomic E-state index is 0.101. The second-order valence-corrected chi connectivity index (χ2v) is 7.04. The van der Waals surface area contributed by atoms with Gasteiger partial charge in [0.2, 0.25) is 0 Å². The van der Waals surface area contributed by atoms with E-state index in [0.29, 0.717) is 11.8 Å². The van der Waals surface area contributed by atoms with E-state index in [1.54, 1.807) is 6.07 Å². The molecule has 1 aromatic carbocycles. The molecule has 118 valence electrons. The molecule has 2 unspecified atom stereocenters. The summed E-state index contributed by atoms with van der Waals surface area (Å²) in [5.74, 6) is 2.05. The largest absolute Gasteiger partial charge is 0.316 e. The first kappa shape index (κ1) is 16.5. The molecule has 0 aliphatic heterocycles. The highest BCUT2D eigenvalue weighted by Gasteiger charge is 2.23. The zero-order valence-electron chi connectivity index (χ0n) is 13.6. The molecule has 2 atom stereocenters. The van der Waals surface area contributed by atoms with Gasteiger partial charge in [0.05, 0.1) is 0 Å². The average Bonchev–Trinajstić information content (AvgIpc) is 2.64. The van der Waals surface area contributed by atoms with Gasteiger partial charge in [-0.3, -0.25) is 0 Å². The van der Waals surface area contributed by atoms with E-state index in [1.165, 1.54) is 38.2 Å². The standard InChI is InChI=1S/C19H30FN/c1-15(2)13-21-14-18-9-5-3-4-8-17(18)11-16-7-6-10-19(20)12-16/h6-7,10,12,15,17-18,21H,3-5,8-9,11,13-14H2,1-2H3. The molecule has 1 saturated carbocycles. The van der Waals surface area contributed by atoms with Crippen molar-refractivity contribution in [2.75, 3.05) is 13.1 Å². The van der Waals surface area contributed by atoms with E-state index in [-0.39, 0.29) is 5.82 Å². The van der Waals surface area contributed by atoms with E-state index in [0.717, 1.165) is 31.0 Å². The van der Waals surface area contributed by atoms with Crippen LogP contribution in [0.3, 0.4) is 0 Å². The summed E-state index contributed by atoms with van der Waals surface area (Å²) in [6.45, 7) is 6.73. The molecular weight excluding hydrogens is 261 g/mol. The maximum atomic E-state index is 13.4. The van der Waals surface area contributed by atoms with Gasteiger partial charge in [-0.2, -0.15) is 0 Å². The Bertz CT molecular complexity index is 416. The highest BCUT2D eigenvalue weighted by Crippen LogP contribution is 2.31. The summed E-state index contributed by atoms with van der Waals surface area (Å²) in [7, 11) is 0. The molecular formula is C19H30FN. The molecule has 1 nitrogen and oxygen atoms in total. The topological polar surface area (TPSA) is 12.0 Å². The van der Waals surface area contributed by atoms with Crippen molar-refractivity contribution < 1.29 is 4.39 Å². The predicted octanol–water partition coefficient (Wildman–Crippen LogP) is 4.81.